The Morgan fingerprint density at radius 2 is 1.28 bits per heavy atom. The van der Waals surface area contributed by atoms with E-state index in [9.17, 15) is 4.79 Å². The van der Waals surface area contributed by atoms with Gasteiger partial charge in [-0.15, -0.1) is 0 Å². The molecule has 0 aliphatic carbocycles. The highest BCUT2D eigenvalue weighted by atomic mass is 16.2. The Bertz CT molecular complexity index is 896. The van der Waals surface area contributed by atoms with E-state index in [-0.39, 0.29) is 5.91 Å². The van der Waals surface area contributed by atoms with Crippen LogP contribution in [0.2, 0.25) is 0 Å². The van der Waals surface area contributed by atoms with Crippen LogP contribution in [0.25, 0.3) is 0 Å². The van der Waals surface area contributed by atoms with Gasteiger partial charge in [0.25, 0.3) is 5.91 Å². The summed E-state index contributed by atoms with van der Waals surface area (Å²) in [6, 6.07) is 27.4. The Morgan fingerprint density at radius 1 is 0.760 bits per heavy atom. The Morgan fingerprint density at radius 3 is 1.88 bits per heavy atom. The summed E-state index contributed by atoms with van der Waals surface area (Å²) in [6.45, 7) is 0. The number of para-hydroxylation sites is 3. The summed E-state index contributed by atoms with van der Waals surface area (Å²) in [6.07, 6.45) is 0. The van der Waals surface area contributed by atoms with Crippen molar-refractivity contribution >= 4 is 28.7 Å². The summed E-state index contributed by atoms with van der Waals surface area (Å²) >= 11 is 0. The van der Waals surface area contributed by atoms with Crippen LogP contribution in [0.5, 0.6) is 0 Å². The zero-order chi connectivity index (χ0) is 17.2. The molecule has 0 atom stereocenters. The molecule has 1 aliphatic heterocycles. The highest BCUT2D eigenvalue weighted by molar-refractivity contribution is 6.54. The van der Waals surface area contributed by atoms with E-state index in [2.05, 4.69) is 0 Å². The van der Waals surface area contributed by atoms with Gasteiger partial charge in [-0.2, -0.15) is 5.10 Å². The number of carbonyl (C=O) groups is 1. The second-order valence-corrected chi connectivity index (χ2v) is 5.81. The van der Waals surface area contributed by atoms with Crippen molar-refractivity contribution in [2.75, 3.05) is 17.0 Å². The zero-order valence-corrected chi connectivity index (χ0v) is 13.8. The predicted molar refractivity (Wildman–Crippen MR) is 101 cm³/mol. The van der Waals surface area contributed by atoms with Gasteiger partial charge in [0.1, 0.15) is 0 Å². The number of rotatable bonds is 3. The minimum Gasteiger partial charge on any atom is -0.309 e. The Hall–Kier alpha value is -3.40. The lowest BCUT2D eigenvalue weighted by atomic mass is 10.1. The van der Waals surface area contributed by atoms with E-state index >= 15 is 0 Å². The van der Waals surface area contributed by atoms with Gasteiger partial charge < -0.3 is 4.90 Å². The van der Waals surface area contributed by atoms with E-state index in [1.54, 1.807) is 11.9 Å². The van der Waals surface area contributed by atoms with Crippen molar-refractivity contribution in [1.29, 1.82) is 0 Å². The molecule has 1 aliphatic rings. The number of benzene rings is 3. The number of fused-ring (bicyclic) bond motifs is 1. The van der Waals surface area contributed by atoms with Crippen LogP contribution in [0, 0.1) is 0 Å². The molecule has 3 aromatic rings. The number of carbonyl (C=O) groups excluding carboxylic acids is 1. The summed E-state index contributed by atoms with van der Waals surface area (Å²) < 4.78 is 0. The second kappa shape index (κ2) is 6.24. The molecule has 0 bridgehead atoms. The third-order valence-electron chi connectivity index (χ3n) is 4.23. The molecule has 4 heteroatoms. The van der Waals surface area contributed by atoms with Gasteiger partial charge in [0.15, 0.2) is 5.71 Å². The monoisotopic (exact) mass is 327 g/mol. The number of hydrogen-bond donors (Lipinski definition) is 0. The minimum absolute atomic E-state index is 0.0990. The molecule has 1 heterocycles. The summed E-state index contributed by atoms with van der Waals surface area (Å²) in [5.41, 5.74) is 3.99. The molecule has 0 radical (unpaired) electrons. The van der Waals surface area contributed by atoms with Crippen LogP contribution < -0.4 is 9.91 Å². The fourth-order valence-corrected chi connectivity index (χ4v) is 2.95. The molecule has 0 fully saturated rings. The van der Waals surface area contributed by atoms with Crippen molar-refractivity contribution in [2.24, 2.45) is 5.10 Å². The molecule has 0 saturated heterocycles. The van der Waals surface area contributed by atoms with Crippen molar-refractivity contribution in [3.63, 3.8) is 0 Å². The summed E-state index contributed by atoms with van der Waals surface area (Å²) in [5.74, 6) is -0.0990. The number of nitrogens with zero attached hydrogens (tertiary/aromatic N) is 3. The van der Waals surface area contributed by atoms with Crippen LogP contribution in [0.3, 0.4) is 0 Å². The molecular formula is C21H17N3O. The molecule has 0 saturated carbocycles. The van der Waals surface area contributed by atoms with Crippen molar-refractivity contribution in [3.05, 3.63) is 90.5 Å². The summed E-state index contributed by atoms with van der Waals surface area (Å²) in [5, 5.41) is 6.56. The largest absolute Gasteiger partial charge is 0.309 e. The Labute approximate surface area is 146 Å². The van der Waals surface area contributed by atoms with E-state index < -0.39 is 0 Å². The second-order valence-electron chi connectivity index (χ2n) is 5.81. The fraction of sp³-hybridized carbons (Fsp3) is 0.0476. The number of likely N-dealkylation sites (N-methyl/N-ethyl adjacent to an activating group) is 1. The van der Waals surface area contributed by atoms with Crippen molar-refractivity contribution in [1.82, 2.24) is 0 Å². The zero-order valence-electron chi connectivity index (χ0n) is 13.8. The smallest absolute Gasteiger partial charge is 0.279 e. The number of hydrogen-bond acceptors (Lipinski definition) is 3. The standard InChI is InChI=1S/C21H17N3O/c1-23-19-15-9-8-14-18(19)20(21(23)25)22-24(16-10-4-2-5-11-16)17-12-6-3-7-13-17/h2-15H,1H3/b22-20+. The third kappa shape index (κ3) is 2.68. The highest BCUT2D eigenvalue weighted by Crippen LogP contribution is 2.31. The van der Waals surface area contributed by atoms with Crippen LogP contribution in [-0.2, 0) is 4.79 Å². The van der Waals surface area contributed by atoms with Crippen LogP contribution in [0.15, 0.2) is 90.0 Å². The lowest BCUT2D eigenvalue weighted by molar-refractivity contribution is -0.111. The van der Waals surface area contributed by atoms with Gasteiger partial charge in [-0.3, -0.25) is 4.79 Å². The average Bonchev–Trinajstić information content (AvgIpc) is 2.92. The number of anilines is 3. The van der Waals surface area contributed by atoms with Gasteiger partial charge in [0, 0.05) is 12.6 Å². The molecule has 0 spiro atoms. The van der Waals surface area contributed by atoms with E-state index in [4.69, 9.17) is 5.10 Å². The molecule has 25 heavy (non-hydrogen) atoms. The SMILES string of the molecule is CN1C(=O)/C(=N/N(c2ccccc2)c2ccccc2)c2ccccc21. The average molecular weight is 327 g/mol. The van der Waals surface area contributed by atoms with Crippen molar-refractivity contribution < 1.29 is 4.79 Å². The lowest BCUT2D eigenvalue weighted by Crippen LogP contribution is -2.27. The van der Waals surface area contributed by atoms with Gasteiger partial charge in [-0.25, -0.2) is 5.01 Å². The van der Waals surface area contributed by atoms with Crippen molar-refractivity contribution in [2.45, 2.75) is 0 Å². The van der Waals surface area contributed by atoms with Crippen LogP contribution >= 0.6 is 0 Å². The first-order valence-corrected chi connectivity index (χ1v) is 8.12. The summed E-state index contributed by atoms with van der Waals surface area (Å²) in [4.78, 5) is 14.4. The number of hydrazone groups is 1. The molecule has 4 rings (SSSR count). The number of amides is 1. The molecule has 0 N–H and O–H groups in total. The maximum absolute atomic E-state index is 12.7. The topological polar surface area (TPSA) is 35.9 Å². The minimum atomic E-state index is -0.0990. The van der Waals surface area contributed by atoms with Crippen LogP contribution in [0.1, 0.15) is 5.56 Å². The first-order valence-electron chi connectivity index (χ1n) is 8.12. The third-order valence-corrected chi connectivity index (χ3v) is 4.23. The van der Waals surface area contributed by atoms with Crippen LogP contribution in [0.4, 0.5) is 17.1 Å². The van der Waals surface area contributed by atoms with E-state index in [0.717, 1.165) is 22.6 Å². The maximum Gasteiger partial charge on any atom is 0.279 e. The van der Waals surface area contributed by atoms with Gasteiger partial charge in [0.2, 0.25) is 0 Å². The van der Waals surface area contributed by atoms with Crippen LogP contribution in [-0.4, -0.2) is 18.7 Å². The first kappa shape index (κ1) is 15.1. The van der Waals surface area contributed by atoms with Gasteiger partial charge >= 0.3 is 0 Å². The molecule has 122 valence electrons. The molecule has 0 aromatic heterocycles. The van der Waals surface area contributed by atoms with Gasteiger partial charge in [-0.05, 0) is 30.3 Å². The van der Waals surface area contributed by atoms with Gasteiger partial charge in [0.05, 0.1) is 17.1 Å². The van der Waals surface area contributed by atoms with E-state index in [1.165, 1.54) is 0 Å². The molecule has 0 unspecified atom stereocenters. The molecule has 4 nitrogen and oxygen atoms in total. The van der Waals surface area contributed by atoms with E-state index in [1.807, 2.05) is 89.9 Å². The quantitative estimate of drug-likeness (QED) is 0.676. The normalized spacial score (nSPS) is 14.7. The van der Waals surface area contributed by atoms with Gasteiger partial charge in [-0.1, -0.05) is 54.6 Å². The summed E-state index contributed by atoms with van der Waals surface area (Å²) in [7, 11) is 1.78. The fourth-order valence-electron chi connectivity index (χ4n) is 2.95. The Balaban J connectivity index is 1.87. The van der Waals surface area contributed by atoms with Crippen molar-refractivity contribution in [3.8, 4) is 0 Å². The molecule has 1 amide bonds. The maximum atomic E-state index is 12.7. The predicted octanol–water partition coefficient (Wildman–Crippen LogP) is 4.21. The first-order chi connectivity index (χ1) is 12.3. The Kier molecular flexibility index (Phi) is 3.78. The molecular weight excluding hydrogens is 310 g/mol. The molecule has 3 aromatic carbocycles. The van der Waals surface area contributed by atoms with E-state index in [0.29, 0.717) is 5.71 Å². The highest BCUT2D eigenvalue weighted by Gasteiger charge is 2.32. The lowest BCUT2D eigenvalue weighted by Gasteiger charge is -2.20.